The molecule has 0 heterocycles. The van der Waals surface area contributed by atoms with Gasteiger partial charge < -0.3 is 10.2 Å². The molecule has 0 saturated carbocycles. The van der Waals surface area contributed by atoms with Crippen LogP contribution < -0.4 is 5.32 Å². The van der Waals surface area contributed by atoms with Crippen LogP contribution in [0.4, 0.5) is 0 Å². The van der Waals surface area contributed by atoms with Crippen LogP contribution in [0.1, 0.15) is 31.9 Å². The molecule has 5 heteroatoms. The lowest BCUT2D eigenvalue weighted by molar-refractivity contribution is -0.135. The molecule has 0 fully saturated rings. The minimum atomic E-state index is -0.165. The van der Waals surface area contributed by atoms with Gasteiger partial charge in [-0.25, -0.2) is 0 Å². The van der Waals surface area contributed by atoms with E-state index >= 15 is 0 Å². The zero-order valence-corrected chi connectivity index (χ0v) is 15.1. The maximum atomic E-state index is 12.1. The highest BCUT2D eigenvalue weighted by Crippen LogP contribution is 2.22. The van der Waals surface area contributed by atoms with Gasteiger partial charge in [0.1, 0.15) is 0 Å². The average Bonchev–Trinajstić information content (AvgIpc) is 2.46. The van der Waals surface area contributed by atoms with Crippen molar-refractivity contribution < 1.29 is 9.59 Å². The third-order valence-corrected chi connectivity index (χ3v) is 3.76. The summed E-state index contributed by atoms with van der Waals surface area (Å²) < 4.78 is 0. The summed E-state index contributed by atoms with van der Waals surface area (Å²) in [6.07, 6.45) is 0. The first-order valence-electron chi connectivity index (χ1n) is 7.86. The maximum Gasteiger partial charge on any atom is 0.239 e. The first-order valence-corrected chi connectivity index (χ1v) is 7.86. The Morgan fingerprint density at radius 3 is 2.09 bits per heavy atom. The summed E-state index contributed by atoms with van der Waals surface area (Å²) in [6.45, 7) is 7.64. The van der Waals surface area contributed by atoms with Gasteiger partial charge in [0, 0.05) is 20.6 Å². The van der Waals surface area contributed by atoms with Gasteiger partial charge in [0.2, 0.25) is 11.8 Å². The second-order valence-corrected chi connectivity index (χ2v) is 7.04. The molecule has 0 radical (unpaired) electrons. The third-order valence-electron chi connectivity index (χ3n) is 3.76. The van der Waals surface area contributed by atoms with Crippen LogP contribution in [0, 0.1) is 0 Å². The van der Waals surface area contributed by atoms with E-state index in [4.69, 9.17) is 0 Å². The van der Waals surface area contributed by atoms with E-state index in [1.54, 1.807) is 14.1 Å². The van der Waals surface area contributed by atoms with E-state index in [-0.39, 0.29) is 30.3 Å². The van der Waals surface area contributed by atoms with Gasteiger partial charge in [0.05, 0.1) is 13.1 Å². The lowest BCUT2D eigenvalue weighted by atomic mass is 9.87. The summed E-state index contributed by atoms with van der Waals surface area (Å²) in [5, 5.41) is 2.51. The minimum Gasteiger partial charge on any atom is -0.358 e. The Morgan fingerprint density at radius 1 is 1.04 bits per heavy atom. The quantitative estimate of drug-likeness (QED) is 0.867. The molecule has 0 bridgehead atoms. The molecule has 2 amide bonds. The Kier molecular flexibility index (Phi) is 6.76. The van der Waals surface area contributed by atoms with Crippen LogP contribution in [0.3, 0.4) is 0 Å². The number of amides is 2. The normalized spacial score (nSPS) is 11.4. The lowest BCUT2D eigenvalue weighted by Crippen LogP contribution is -2.41. The van der Waals surface area contributed by atoms with Gasteiger partial charge in [-0.1, -0.05) is 45.0 Å². The van der Waals surface area contributed by atoms with Gasteiger partial charge in [0.25, 0.3) is 0 Å². The predicted molar refractivity (Wildman–Crippen MR) is 93.2 cm³/mol. The topological polar surface area (TPSA) is 52.7 Å². The third kappa shape index (κ3) is 6.40. The monoisotopic (exact) mass is 319 g/mol. The number of benzene rings is 1. The van der Waals surface area contributed by atoms with E-state index in [0.717, 1.165) is 0 Å². The van der Waals surface area contributed by atoms with Gasteiger partial charge in [0.15, 0.2) is 0 Å². The Balaban J connectivity index is 2.54. The second kappa shape index (κ2) is 8.11. The number of carbonyl (C=O) groups is 2. The predicted octanol–water partition coefficient (Wildman–Crippen LogP) is 1.62. The lowest BCUT2D eigenvalue weighted by Gasteiger charge is -2.22. The van der Waals surface area contributed by atoms with E-state index in [0.29, 0.717) is 6.54 Å². The number of nitrogens with one attached hydrogen (secondary N) is 1. The van der Waals surface area contributed by atoms with Crippen molar-refractivity contribution in [1.82, 2.24) is 15.1 Å². The van der Waals surface area contributed by atoms with Gasteiger partial charge >= 0.3 is 0 Å². The fraction of sp³-hybridized carbons (Fsp3) is 0.556. The molecule has 0 spiro atoms. The van der Waals surface area contributed by atoms with Crippen LogP contribution in [0.15, 0.2) is 24.3 Å². The first-order chi connectivity index (χ1) is 10.6. The molecule has 1 rings (SSSR count). The van der Waals surface area contributed by atoms with Gasteiger partial charge in [-0.3, -0.25) is 14.5 Å². The standard InChI is InChI=1S/C18H29N3O2/c1-18(2,3)15-9-7-14(8-10-15)11-20(5)13-17(23)21(6)12-16(22)19-4/h7-10H,11-13H2,1-6H3,(H,19,22). The van der Waals surface area contributed by atoms with Gasteiger partial charge in [-0.05, 0) is 23.6 Å². The molecule has 0 aliphatic carbocycles. The summed E-state index contributed by atoms with van der Waals surface area (Å²) in [6, 6.07) is 8.50. The van der Waals surface area contributed by atoms with Crippen molar-refractivity contribution in [3.05, 3.63) is 35.4 Å². The number of carbonyl (C=O) groups excluding carboxylic acids is 2. The van der Waals surface area contributed by atoms with Crippen LogP contribution in [0.5, 0.6) is 0 Å². The Bertz CT molecular complexity index is 532. The highest BCUT2D eigenvalue weighted by atomic mass is 16.2. The molecule has 0 unspecified atom stereocenters. The summed E-state index contributed by atoms with van der Waals surface area (Å²) in [5.74, 6) is -0.233. The zero-order valence-electron chi connectivity index (χ0n) is 15.1. The fourth-order valence-corrected chi connectivity index (χ4v) is 2.21. The highest BCUT2D eigenvalue weighted by molar-refractivity contribution is 5.85. The highest BCUT2D eigenvalue weighted by Gasteiger charge is 2.15. The molecule has 1 aromatic rings. The molecule has 128 valence electrons. The van der Waals surface area contributed by atoms with Crippen LogP contribution >= 0.6 is 0 Å². The Morgan fingerprint density at radius 2 is 1.61 bits per heavy atom. The zero-order chi connectivity index (χ0) is 17.6. The summed E-state index contributed by atoms with van der Waals surface area (Å²) in [4.78, 5) is 26.8. The first kappa shape index (κ1) is 19.2. The molecule has 5 nitrogen and oxygen atoms in total. The molecule has 1 N–H and O–H groups in total. The summed E-state index contributed by atoms with van der Waals surface area (Å²) >= 11 is 0. The minimum absolute atomic E-state index is 0.0672. The molecule has 0 aliphatic rings. The number of hydrogen-bond donors (Lipinski definition) is 1. The average molecular weight is 319 g/mol. The molecule has 23 heavy (non-hydrogen) atoms. The van der Waals surface area contributed by atoms with E-state index in [1.165, 1.54) is 16.0 Å². The van der Waals surface area contributed by atoms with Crippen LogP contribution in [-0.4, -0.2) is 55.8 Å². The van der Waals surface area contributed by atoms with Crippen molar-refractivity contribution in [2.75, 3.05) is 34.2 Å². The maximum absolute atomic E-state index is 12.1. The van der Waals surface area contributed by atoms with Crippen LogP contribution in [0.2, 0.25) is 0 Å². The SMILES string of the molecule is CNC(=O)CN(C)C(=O)CN(C)Cc1ccc(C(C)(C)C)cc1. The van der Waals surface area contributed by atoms with Gasteiger partial charge in [-0.15, -0.1) is 0 Å². The van der Waals surface area contributed by atoms with Gasteiger partial charge in [-0.2, -0.15) is 0 Å². The number of rotatable bonds is 6. The van der Waals surface area contributed by atoms with E-state index < -0.39 is 0 Å². The second-order valence-electron chi connectivity index (χ2n) is 7.04. The van der Waals surface area contributed by atoms with Crippen LogP contribution in [0.25, 0.3) is 0 Å². The van der Waals surface area contributed by atoms with Crippen LogP contribution in [-0.2, 0) is 21.5 Å². The molecular weight excluding hydrogens is 290 g/mol. The van der Waals surface area contributed by atoms with Crippen molar-refractivity contribution in [2.24, 2.45) is 0 Å². The van der Waals surface area contributed by atoms with E-state index in [1.807, 2.05) is 11.9 Å². The molecule has 0 atom stereocenters. The van der Waals surface area contributed by atoms with Crippen molar-refractivity contribution in [1.29, 1.82) is 0 Å². The number of hydrogen-bond acceptors (Lipinski definition) is 3. The molecule has 0 aliphatic heterocycles. The smallest absolute Gasteiger partial charge is 0.239 e. The molecule has 1 aromatic carbocycles. The number of nitrogens with zero attached hydrogens (tertiary/aromatic N) is 2. The fourth-order valence-electron chi connectivity index (χ4n) is 2.21. The Hall–Kier alpha value is -1.88. The summed E-state index contributed by atoms with van der Waals surface area (Å²) in [7, 11) is 5.11. The molecule has 0 aromatic heterocycles. The van der Waals surface area contributed by atoms with Crippen molar-refractivity contribution in [3.63, 3.8) is 0 Å². The van der Waals surface area contributed by atoms with E-state index in [2.05, 4.69) is 50.4 Å². The van der Waals surface area contributed by atoms with Crippen molar-refractivity contribution in [3.8, 4) is 0 Å². The Labute approximate surface area is 139 Å². The number of likely N-dealkylation sites (N-methyl/N-ethyl adjacent to an activating group) is 3. The van der Waals surface area contributed by atoms with Crippen molar-refractivity contribution >= 4 is 11.8 Å². The van der Waals surface area contributed by atoms with Crippen molar-refractivity contribution in [2.45, 2.75) is 32.7 Å². The van der Waals surface area contributed by atoms with E-state index in [9.17, 15) is 9.59 Å². The largest absolute Gasteiger partial charge is 0.358 e. The molecule has 0 saturated heterocycles. The summed E-state index contributed by atoms with van der Waals surface area (Å²) in [5.41, 5.74) is 2.61. The molecular formula is C18H29N3O2.